The number of piperidine rings is 1. The monoisotopic (exact) mass is 370 g/mol. The van der Waals surface area contributed by atoms with Crippen LogP contribution in [0.15, 0.2) is 30.4 Å². The van der Waals surface area contributed by atoms with E-state index in [2.05, 4.69) is 22.0 Å². The van der Waals surface area contributed by atoms with Crippen LogP contribution in [0, 0.1) is 23.6 Å². The number of allylic oxidation sites excluding steroid dienone is 2. The first-order valence-corrected chi connectivity index (χ1v) is 10.6. The first-order valence-electron chi connectivity index (χ1n) is 10.6. The summed E-state index contributed by atoms with van der Waals surface area (Å²) in [5.41, 5.74) is 2.58. The minimum atomic E-state index is -0.0992. The molecule has 5 rings (SSSR count). The smallest absolute Gasteiger partial charge is 0.123 e. The lowest BCUT2D eigenvalue weighted by atomic mass is 9.74. The van der Waals surface area contributed by atoms with Gasteiger partial charge in [0.25, 0.3) is 0 Å². The fraction of sp³-hybridized carbons (Fsp3) is 0.652. The first-order chi connectivity index (χ1) is 13.2. The molecule has 0 radical (unpaired) electrons. The molecule has 2 aliphatic heterocycles. The Balaban J connectivity index is 1.28. The molecule has 4 heteroatoms. The van der Waals surface area contributed by atoms with Crippen LogP contribution in [0.25, 0.3) is 0 Å². The predicted molar refractivity (Wildman–Crippen MR) is 107 cm³/mol. The molecule has 0 unspecified atom stereocenters. The van der Waals surface area contributed by atoms with E-state index in [1.165, 1.54) is 30.6 Å². The minimum absolute atomic E-state index is 0.0992. The Morgan fingerprint density at radius 3 is 2.74 bits per heavy atom. The number of nitrogens with zero attached hydrogens (tertiary/aromatic N) is 2. The fourth-order valence-corrected chi connectivity index (χ4v) is 6.17. The van der Waals surface area contributed by atoms with Gasteiger partial charge in [-0.25, -0.2) is 4.39 Å². The average molecular weight is 371 g/mol. The zero-order valence-electron chi connectivity index (χ0n) is 16.4. The second kappa shape index (κ2) is 6.89. The molecule has 3 atom stereocenters. The van der Waals surface area contributed by atoms with Crippen molar-refractivity contribution in [1.82, 2.24) is 4.90 Å². The van der Waals surface area contributed by atoms with Crippen LogP contribution in [0.1, 0.15) is 31.2 Å². The Morgan fingerprint density at radius 1 is 1.19 bits per heavy atom. The van der Waals surface area contributed by atoms with Crippen molar-refractivity contribution in [3.8, 4) is 0 Å². The number of fused-ring (bicyclic) bond motifs is 4. The highest BCUT2D eigenvalue weighted by molar-refractivity contribution is 5.63. The van der Waals surface area contributed by atoms with Crippen molar-refractivity contribution in [2.24, 2.45) is 17.8 Å². The summed E-state index contributed by atoms with van der Waals surface area (Å²) >= 11 is 0. The molecule has 0 aromatic heterocycles. The highest BCUT2D eigenvalue weighted by Crippen LogP contribution is 2.48. The summed E-state index contributed by atoms with van der Waals surface area (Å²) in [6.07, 6.45) is 9.97. The van der Waals surface area contributed by atoms with E-state index in [-0.39, 0.29) is 11.2 Å². The van der Waals surface area contributed by atoms with Crippen LogP contribution in [0.3, 0.4) is 0 Å². The molecule has 0 amide bonds. The van der Waals surface area contributed by atoms with Gasteiger partial charge in [-0.05, 0) is 80.3 Å². The maximum Gasteiger partial charge on any atom is 0.123 e. The summed E-state index contributed by atoms with van der Waals surface area (Å²) in [7, 11) is 1.75. The van der Waals surface area contributed by atoms with Crippen LogP contribution in [0.5, 0.6) is 0 Å². The van der Waals surface area contributed by atoms with Crippen molar-refractivity contribution in [3.05, 3.63) is 41.7 Å². The van der Waals surface area contributed by atoms with E-state index in [1.54, 1.807) is 19.2 Å². The summed E-state index contributed by atoms with van der Waals surface area (Å²) in [6, 6.07) is 5.39. The van der Waals surface area contributed by atoms with Crippen molar-refractivity contribution >= 4 is 5.69 Å². The van der Waals surface area contributed by atoms with Gasteiger partial charge in [-0.3, -0.25) is 0 Å². The van der Waals surface area contributed by atoms with Crippen LogP contribution >= 0.6 is 0 Å². The van der Waals surface area contributed by atoms with E-state index in [9.17, 15) is 4.39 Å². The molecule has 146 valence electrons. The summed E-state index contributed by atoms with van der Waals surface area (Å²) in [4.78, 5) is 5.09. The number of methoxy groups -OCH3 is 1. The molecule has 2 bridgehead atoms. The zero-order valence-corrected chi connectivity index (χ0v) is 16.4. The Hall–Kier alpha value is -1.39. The number of hydrogen-bond acceptors (Lipinski definition) is 3. The molecule has 2 heterocycles. The molecular weight excluding hydrogens is 339 g/mol. The lowest BCUT2D eigenvalue weighted by molar-refractivity contribution is 0.137. The Morgan fingerprint density at radius 2 is 2.04 bits per heavy atom. The SMILES string of the molecule is COCCN1CC2(CCN(C[C@H]3C[C@H]4C=C[C@H]3C4)CC2)c2cc(F)ccc21. The molecule has 0 N–H and O–H groups in total. The van der Waals surface area contributed by atoms with Crippen molar-refractivity contribution < 1.29 is 9.13 Å². The lowest BCUT2D eigenvalue weighted by Crippen LogP contribution is -2.47. The molecule has 1 spiro atoms. The lowest BCUT2D eigenvalue weighted by Gasteiger charge is -2.41. The second-order valence-electron chi connectivity index (χ2n) is 9.20. The molecule has 27 heavy (non-hydrogen) atoms. The Kier molecular flexibility index (Phi) is 4.52. The van der Waals surface area contributed by atoms with E-state index < -0.39 is 0 Å². The van der Waals surface area contributed by atoms with E-state index in [0.29, 0.717) is 0 Å². The number of likely N-dealkylation sites (tertiary alicyclic amines) is 1. The second-order valence-corrected chi connectivity index (χ2v) is 9.20. The summed E-state index contributed by atoms with van der Waals surface area (Å²) in [6.45, 7) is 6.16. The number of ether oxygens (including phenoxy) is 1. The predicted octanol–water partition coefficient (Wildman–Crippen LogP) is 3.84. The van der Waals surface area contributed by atoms with Gasteiger partial charge in [0, 0.05) is 37.8 Å². The minimum Gasteiger partial charge on any atom is -0.383 e. The van der Waals surface area contributed by atoms with Crippen LogP contribution in [0.4, 0.5) is 10.1 Å². The standard InChI is InChI=1S/C23H31FN2O/c1-27-11-10-26-16-23(21-14-20(24)4-5-22(21)26)6-8-25(9-7-23)15-19-13-17-2-3-18(19)12-17/h2-5,14,17-19H,6-13,15-16H2,1H3/t17-,18-,19+/m0/s1. The van der Waals surface area contributed by atoms with Gasteiger partial charge in [0.1, 0.15) is 5.82 Å². The number of rotatable bonds is 5. The van der Waals surface area contributed by atoms with Gasteiger partial charge >= 0.3 is 0 Å². The molecule has 3 nitrogen and oxygen atoms in total. The number of benzene rings is 1. The largest absolute Gasteiger partial charge is 0.383 e. The number of halogens is 1. The molecule has 2 fully saturated rings. The highest BCUT2D eigenvalue weighted by Gasteiger charge is 2.45. The van der Waals surface area contributed by atoms with Gasteiger partial charge in [0.2, 0.25) is 0 Å². The summed E-state index contributed by atoms with van der Waals surface area (Å²) in [5.74, 6) is 2.45. The normalized spacial score (nSPS) is 31.2. The van der Waals surface area contributed by atoms with Crippen LogP contribution < -0.4 is 4.90 Å². The van der Waals surface area contributed by atoms with Crippen LogP contribution in [0.2, 0.25) is 0 Å². The molecule has 1 saturated heterocycles. The summed E-state index contributed by atoms with van der Waals surface area (Å²) in [5, 5.41) is 0. The third-order valence-electron chi connectivity index (χ3n) is 7.65. The third kappa shape index (κ3) is 3.11. The highest BCUT2D eigenvalue weighted by atomic mass is 19.1. The van der Waals surface area contributed by atoms with Crippen LogP contribution in [-0.4, -0.2) is 51.3 Å². The van der Waals surface area contributed by atoms with Gasteiger partial charge in [0.05, 0.1) is 6.61 Å². The van der Waals surface area contributed by atoms with Crippen molar-refractivity contribution in [3.63, 3.8) is 0 Å². The van der Waals surface area contributed by atoms with Gasteiger partial charge in [-0.1, -0.05) is 12.2 Å². The molecular formula is C23H31FN2O. The van der Waals surface area contributed by atoms with Gasteiger partial charge < -0.3 is 14.5 Å². The van der Waals surface area contributed by atoms with Gasteiger partial charge in [0.15, 0.2) is 0 Å². The van der Waals surface area contributed by atoms with Gasteiger partial charge in [-0.15, -0.1) is 0 Å². The third-order valence-corrected chi connectivity index (χ3v) is 7.65. The topological polar surface area (TPSA) is 15.7 Å². The molecule has 1 aromatic carbocycles. The first kappa shape index (κ1) is 17.7. The van der Waals surface area contributed by atoms with Crippen molar-refractivity contribution in [2.45, 2.75) is 31.1 Å². The van der Waals surface area contributed by atoms with Crippen molar-refractivity contribution in [1.29, 1.82) is 0 Å². The number of anilines is 1. The van der Waals surface area contributed by atoms with E-state index in [0.717, 1.165) is 63.4 Å². The maximum atomic E-state index is 14.1. The fourth-order valence-electron chi connectivity index (χ4n) is 6.17. The molecule has 2 aliphatic carbocycles. The number of hydrogen-bond donors (Lipinski definition) is 0. The summed E-state index contributed by atoms with van der Waals surface area (Å²) < 4.78 is 19.4. The zero-order chi connectivity index (χ0) is 18.4. The van der Waals surface area contributed by atoms with E-state index >= 15 is 0 Å². The van der Waals surface area contributed by atoms with Crippen molar-refractivity contribution in [2.75, 3.05) is 51.3 Å². The quantitative estimate of drug-likeness (QED) is 0.733. The Labute approximate surface area is 162 Å². The maximum absolute atomic E-state index is 14.1. The van der Waals surface area contributed by atoms with E-state index in [1.807, 2.05) is 6.07 Å². The average Bonchev–Trinajstić information content (AvgIpc) is 3.36. The molecule has 1 saturated carbocycles. The van der Waals surface area contributed by atoms with Crippen LogP contribution in [-0.2, 0) is 10.2 Å². The Bertz CT molecular complexity index is 725. The molecule has 4 aliphatic rings. The van der Waals surface area contributed by atoms with E-state index in [4.69, 9.17) is 4.74 Å². The van der Waals surface area contributed by atoms with Gasteiger partial charge in [-0.2, -0.15) is 0 Å². The molecule has 1 aromatic rings.